The number of nitrogens with one attached hydrogen (secondary N) is 2. The highest BCUT2D eigenvalue weighted by molar-refractivity contribution is 6.32. The molecule has 144 valence electrons. The summed E-state index contributed by atoms with van der Waals surface area (Å²) >= 11 is 6.10. The zero-order valence-electron chi connectivity index (χ0n) is 15.4. The smallest absolute Gasteiger partial charge is 0.274 e. The van der Waals surface area contributed by atoms with E-state index in [2.05, 4.69) is 20.6 Å². The molecule has 0 unspecified atom stereocenters. The van der Waals surface area contributed by atoms with Crippen LogP contribution in [0.1, 0.15) is 42.6 Å². The maximum Gasteiger partial charge on any atom is 0.274 e. The van der Waals surface area contributed by atoms with Gasteiger partial charge in [-0.25, -0.2) is 9.97 Å². The summed E-state index contributed by atoms with van der Waals surface area (Å²) in [4.78, 5) is 21.0. The fraction of sp³-hybridized carbons (Fsp3) is 0.421. The van der Waals surface area contributed by atoms with Crippen molar-refractivity contribution in [2.75, 3.05) is 24.9 Å². The first kappa shape index (κ1) is 19.2. The number of methoxy groups -OCH3 is 2. The van der Waals surface area contributed by atoms with Gasteiger partial charge in [-0.1, -0.05) is 30.9 Å². The molecule has 3 rings (SSSR count). The molecule has 1 fully saturated rings. The second-order valence-corrected chi connectivity index (χ2v) is 6.82. The minimum absolute atomic E-state index is 0.263. The summed E-state index contributed by atoms with van der Waals surface area (Å²) in [5.74, 6) is 1.16. The number of nitrogens with zero attached hydrogens (tertiary/aromatic N) is 2. The number of ether oxygens (including phenoxy) is 2. The summed E-state index contributed by atoms with van der Waals surface area (Å²) in [5.41, 5.74) is 0.712. The number of carbonyl (C=O) groups excluding carboxylic acids is 1. The van der Waals surface area contributed by atoms with Crippen LogP contribution in [0, 0.1) is 0 Å². The maximum absolute atomic E-state index is 12.7. The Morgan fingerprint density at radius 1 is 1.07 bits per heavy atom. The fourth-order valence-corrected chi connectivity index (χ4v) is 3.39. The lowest BCUT2D eigenvalue weighted by Gasteiger charge is -2.23. The third kappa shape index (κ3) is 4.80. The molecule has 7 nitrogen and oxygen atoms in total. The Labute approximate surface area is 163 Å². The second kappa shape index (κ2) is 8.90. The van der Waals surface area contributed by atoms with E-state index >= 15 is 0 Å². The molecule has 1 heterocycles. The molecule has 0 saturated heterocycles. The lowest BCUT2D eigenvalue weighted by Crippen LogP contribution is -2.23. The lowest BCUT2D eigenvalue weighted by atomic mass is 9.95. The van der Waals surface area contributed by atoms with E-state index in [0.717, 1.165) is 12.8 Å². The van der Waals surface area contributed by atoms with E-state index in [1.54, 1.807) is 18.2 Å². The van der Waals surface area contributed by atoms with E-state index in [1.165, 1.54) is 39.8 Å². The number of hydrogen-bond donors (Lipinski definition) is 2. The van der Waals surface area contributed by atoms with Crippen LogP contribution in [-0.4, -0.2) is 36.1 Å². The van der Waals surface area contributed by atoms with E-state index in [4.69, 9.17) is 21.1 Å². The van der Waals surface area contributed by atoms with Crippen LogP contribution in [0.15, 0.2) is 24.5 Å². The first-order valence-corrected chi connectivity index (χ1v) is 9.30. The van der Waals surface area contributed by atoms with Gasteiger partial charge in [0.2, 0.25) is 0 Å². The van der Waals surface area contributed by atoms with Crippen LogP contribution < -0.4 is 20.1 Å². The van der Waals surface area contributed by atoms with Gasteiger partial charge in [-0.05, 0) is 12.8 Å². The van der Waals surface area contributed by atoms with Crippen LogP contribution in [0.25, 0.3) is 0 Å². The number of anilines is 2. The Balaban J connectivity index is 1.75. The molecule has 0 aliphatic heterocycles. The number of amides is 1. The minimum Gasteiger partial charge on any atom is -0.495 e. The summed E-state index contributed by atoms with van der Waals surface area (Å²) < 4.78 is 10.5. The van der Waals surface area contributed by atoms with Crippen LogP contribution in [0.3, 0.4) is 0 Å². The standard InChI is InChI=1S/C19H23ClN4O3/c1-26-16-9-14(17(27-2)8-13(16)20)24-19(25)15-10-18(22-11-21-15)23-12-6-4-3-5-7-12/h8-12H,3-7H2,1-2H3,(H,24,25)(H,21,22,23). The minimum atomic E-state index is -0.369. The number of halogens is 1. The van der Waals surface area contributed by atoms with E-state index in [-0.39, 0.29) is 11.6 Å². The SMILES string of the molecule is COc1cc(NC(=O)c2cc(NC3CCCCC3)ncn2)c(OC)cc1Cl. The zero-order valence-corrected chi connectivity index (χ0v) is 16.2. The molecule has 8 heteroatoms. The number of carbonyl (C=O) groups is 1. The van der Waals surface area contributed by atoms with Crippen LogP contribution in [0.4, 0.5) is 11.5 Å². The molecule has 2 aromatic rings. The lowest BCUT2D eigenvalue weighted by molar-refractivity contribution is 0.102. The molecule has 1 saturated carbocycles. The fourth-order valence-electron chi connectivity index (χ4n) is 3.16. The van der Waals surface area contributed by atoms with Crippen molar-refractivity contribution < 1.29 is 14.3 Å². The van der Waals surface area contributed by atoms with Crippen LogP contribution >= 0.6 is 11.6 Å². The molecule has 27 heavy (non-hydrogen) atoms. The van der Waals surface area contributed by atoms with Crippen molar-refractivity contribution in [2.24, 2.45) is 0 Å². The van der Waals surface area contributed by atoms with Gasteiger partial charge < -0.3 is 20.1 Å². The number of aromatic nitrogens is 2. The summed E-state index contributed by atoms with van der Waals surface area (Å²) in [6.45, 7) is 0. The number of hydrogen-bond acceptors (Lipinski definition) is 6. The molecule has 1 aliphatic rings. The molecule has 0 bridgehead atoms. The van der Waals surface area contributed by atoms with Gasteiger partial charge >= 0.3 is 0 Å². The van der Waals surface area contributed by atoms with Gasteiger partial charge in [-0.2, -0.15) is 0 Å². The largest absolute Gasteiger partial charge is 0.495 e. The number of rotatable bonds is 6. The zero-order chi connectivity index (χ0) is 19.2. The maximum atomic E-state index is 12.7. The van der Waals surface area contributed by atoms with Gasteiger partial charge in [0, 0.05) is 24.2 Å². The summed E-state index contributed by atoms with van der Waals surface area (Å²) in [5, 5.41) is 6.58. The van der Waals surface area contributed by atoms with Crippen LogP contribution in [-0.2, 0) is 0 Å². The van der Waals surface area contributed by atoms with Crippen molar-refractivity contribution in [1.29, 1.82) is 0 Å². The number of benzene rings is 1. The molecule has 1 aromatic heterocycles. The molecule has 1 aromatic carbocycles. The predicted octanol–water partition coefficient (Wildman–Crippen LogP) is 4.14. The molecule has 1 amide bonds. The molecular weight excluding hydrogens is 368 g/mol. The summed E-state index contributed by atoms with van der Waals surface area (Å²) in [6.07, 6.45) is 7.34. The summed E-state index contributed by atoms with van der Waals surface area (Å²) in [7, 11) is 3.01. The molecule has 2 N–H and O–H groups in total. The highest BCUT2D eigenvalue weighted by Crippen LogP contribution is 2.36. The molecular formula is C19H23ClN4O3. The molecule has 0 radical (unpaired) electrons. The predicted molar refractivity (Wildman–Crippen MR) is 105 cm³/mol. The van der Waals surface area contributed by atoms with Crippen molar-refractivity contribution in [1.82, 2.24) is 9.97 Å². The summed E-state index contributed by atoms with van der Waals surface area (Å²) in [6, 6.07) is 5.25. The quantitative estimate of drug-likeness (QED) is 0.770. The van der Waals surface area contributed by atoms with Gasteiger partial charge in [0.1, 0.15) is 29.3 Å². The van der Waals surface area contributed by atoms with Crippen molar-refractivity contribution in [3.05, 3.63) is 35.2 Å². The van der Waals surface area contributed by atoms with E-state index in [1.807, 2.05) is 0 Å². The molecule has 1 aliphatic carbocycles. The Hall–Kier alpha value is -2.54. The Kier molecular flexibility index (Phi) is 6.34. The monoisotopic (exact) mass is 390 g/mol. The Morgan fingerprint density at radius 3 is 2.52 bits per heavy atom. The van der Waals surface area contributed by atoms with Crippen LogP contribution in [0.5, 0.6) is 11.5 Å². The normalized spacial score (nSPS) is 14.5. The van der Waals surface area contributed by atoms with E-state index in [9.17, 15) is 4.79 Å². The highest BCUT2D eigenvalue weighted by atomic mass is 35.5. The third-order valence-electron chi connectivity index (χ3n) is 4.58. The van der Waals surface area contributed by atoms with Gasteiger partial charge in [-0.15, -0.1) is 0 Å². The van der Waals surface area contributed by atoms with E-state index < -0.39 is 0 Å². The Bertz CT molecular complexity index is 810. The molecule has 0 atom stereocenters. The first-order valence-electron chi connectivity index (χ1n) is 8.92. The topological polar surface area (TPSA) is 85.4 Å². The van der Waals surface area contributed by atoms with Gasteiger partial charge in [0.05, 0.1) is 24.9 Å². The van der Waals surface area contributed by atoms with Gasteiger partial charge in [-0.3, -0.25) is 4.79 Å². The van der Waals surface area contributed by atoms with Gasteiger partial charge in [0.15, 0.2) is 0 Å². The Morgan fingerprint density at radius 2 is 1.81 bits per heavy atom. The van der Waals surface area contributed by atoms with Crippen molar-refractivity contribution in [3.63, 3.8) is 0 Å². The third-order valence-corrected chi connectivity index (χ3v) is 4.87. The average Bonchev–Trinajstić information content (AvgIpc) is 2.70. The van der Waals surface area contributed by atoms with Gasteiger partial charge in [0.25, 0.3) is 5.91 Å². The van der Waals surface area contributed by atoms with E-state index in [0.29, 0.717) is 34.1 Å². The molecule has 0 spiro atoms. The highest BCUT2D eigenvalue weighted by Gasteiger charge is 2.17. The van der Waals surface area contributed by atoms with Crippen LogP contribution in [0.2, 0.25) is 5.02 Å². The van der Waals surface area contributed by atoms with Crippen molar-refractivity contribution in [3.8, 4) is 11.5 Å². The average molecular weight is 391 g/mol. The first-order chi connectivity index (χ1) is 13.1. The van der Waals surface area contributed by atoms with Crippen molar-refractivity contribution in [2.45, 2.75) is 38.1 Å². The second-order valence-electron chi connectivity index (χ2n) is 6.41. The van der Waals surface area contributed by atoms with Crippen molar-refractivity contribution >= 4 is 29.0 Å².